The number of halogens is 8. The van der Waals surface area contributed by atoms with Crippen LogP contribution in [0.15, 0.2) is 36.4 Å². The summed E-state index contributed by atoms with van der Waals surface area (Å²) in [6.45, 7) is 0.191. The van der Waals surface area contributed by atoms with Gasteiger partial charge in [-0.05, 0) is 55.2 Å². The smallest absolute Gasteiger partial charge is 0.354 e. The van der Waals surface area contributed by atoms with E-state index in [1.54, 1.807) is 6.07 Å². The van der Waals surface area contributed by atoms with E-state index in [1.165, 1.54) is 17.1 Å². The summed E-state index contributed by atoms with van der Waals surface area (Å²) in [7, 11) is 1.16. The number of carbonyl (C=O) groups is 3. The van der Waals surface area contributed by atoms with Crippen LogP contribution in [0.2, 0.25) is 10.0 Å². The maximum Gasteiger partial charge on any atom is 0.416 e. The lowest BCUT2D eigenvalue weighted by Gasteiger charge is -2.32. The quantitative estimate of drug-likeness (QED) is 0.291. The number of nitrogens with zero attached hydrogens (tertiary/aromatic N) is 2. The molecular weight excluding hydrogens is 601 g/mol. The molecule has 1 aliphatic heterocycles. The second kappa shape index (κ2) is 13.3. The summed E-state index contributed by atoms with van der Waals surface area (Å²) in [5.74, 6) is -2.04. The summed E-state index contributed by atoms with van der Waals surface area (Å²) in [6.07, 6.45) is -8.64. The van der Waals surface area contributed by atoms with Crippen molar-refractivity contribution in [3.8, 4) is 0 Å². The molecule has 0 aromatic heterocycles. The third-order valence-electron chi connectivity index (χ3n) is 6.37. The van der Waals surface area contributed by atoms with Crippen molar-refractivity contribution >= 4 is 40.9 Å². The first-order valence-electron chi connectivity index (χ1n) is 12.4. The molecular formula is C26H26Cl2F6N4O3. The lowest BCUT2D eigenvalue weighted by atomic mass is 10.0. The normalized spacial score (nSPS) is 16.2. The van der Waals surface area contributed by atoms with Gasteiger partial charge in [-0.3, -0.25) is 19.4 Å². The van der Waals surface area contributed by atoms with Gasteiger partial charge in [0.2, 0.25) is 11.8 Å². The van der Waals surface area contributed by atoms with E-state index in [1.807, 2.05) is 0 Å². The fourth-order valence-corrected chi connectivity index (χ4v) is 4.47. The summed E-state index contributed by atoms with van der Waals surface area (Å²) in [6, 6.07) is 4.35. The lowest BCUT2D eigenvalue weighted by Crippen LogP contribution is -2.48. The number of hydrogen-bond acceptors (Lipinski definition) is 4. The topological polar surface area (TPSA) is 81.8 Å². The molecule has 3 rings (SSSR count). The molecule has 1 aliphatic rings. The van der Waals surface area contributed by atoms with E-state index in [2.05, 4.69) is 10.6 Å². The molecule has 1 saturated heterocycles. The number of nitrogens with one attached hydrogen (secondary N) is 2. The van der Waals surface area contributed by atoms with Crippen molar-refractivity contribution in [3.63, 3.8) is 0 Å². The van der Waals surface area contributed by atoms with Crippen LogP contribution in [0.1, 0.15) is 52.7 Å². The molecule has 0 spiro atoms. The Kier molecular flexibility index (Phi) is 10.5. The van der Waals surface area contributed by atoms with Crippen LogP contribution in [0.5, 0.6) is 0 Å². The first kappa shape index (κ1) is 32.5. The van der Waals surface area contributed by atoms with Crippen molar-refractivity contribution in [2.24, 2.45) is 0 Å². The van der Waals surface area contributed by atoms with E-state index in [0.29, 0.717) is 37.1 Å². The highest BCUT2D eigenvalue weighted by molar-refractivity contribution is 6.42. The van der Waals surface area contributed by atoms with Crippen LogP contribution in [-0.2, 0) is 28.5 Å². The van der Waals surface area contributed by atoms with E-state index in [4.69, 9.17) is 23.2 Å². The van der Waals surface area contributed by atoms with Crippen LogP contribution in [0.3, 0.4) is 0 Å². The molecule has 0 aliphatic carbocycles. The Morgan fingerprint density at radius 2 is 1.61 bits per heavy atom. The molecule has 3 amide bonds. The van der Waals surface area contributed by atoms with Crippen molar-refractivity contribution in [2.75, 3.05) is 20.1 Å². The Morgan fingerprint density at radius 1 is 0.976 bits per heavy atom. The second-order valence-corrected chi connectivity index (χ2v) is 10.2. The summed E-state index contributed by atoms with van der Waals surface area (Å²) in [4.78, 5) is 38.1. The Bertz CT molecular complexity index is 1260. The molecule has 15 heteroatoms. The Morgan fingerprint density at radius 3 is 2.20 bits per heavy atom. The van der Waals surface area contributed by atoms with Crippen LogP contribution in [0.4, 0.5) is 26.3 Å². The number of benzene rings is 2. The van der Waals surface area contributed by atoms with Crippen molar-refractivity contribution in [1.29, 1.82) is 0 Å². The summed E-state index contributed by atoms with van der Waals surface area (Å²) in [5, 5.41) is 7.82. The molecule has 0 saturated carbocycles. The van der Waals surface area contributed by atoms with Gasteiger partial charge < -0.3 is 10.6 Å². The number of alkyl halides is 6. The second-order valence-electron chi connectivity index (χ2n) is 9.42. The first-order chi connectivity index (χ1) is 19.1. The first-order valence-corrected chi connectivity index (χ1v) is 13.1. The molecule has 2 N–H and O–H groups in total. The number of hydrazine groups is 1. The average Bonchev–Trinajstić information content (AvgIpc) is 3.10. The standard InChI is InChI=1S/C26H26Cl2F6N4O3/c1-37(24(41)16-11-17(25(29,30)31)13-18(12-16)26(32,33)34)38(14-15-5-6-19(27)20(28)10-15)9-7-22(39)36-21-4-2-3-8-35-23(21)40/h5-6,10-13,21H,2-4,7-9,14H2,1H3,(H,35,40)(H,36,39). The van der Waals surface area contributed by atoms with Crippen molar-refractivity contribution in [1.82, 2.24) is 20.7 Å². The van der Waals surface area contributed by atoms with Gasteiger partial charge in [0, 0.05) is 38.7 Å². The number of hydrogen-bond donors (Lipinski definition) is 2. The molecule has 2 aromatic carbocycles. The third-order valence-corrected chi connectivity index (χ3v) is 7.11. The maximum absolute atomic E-state index is 13.4. The van der Waals surface area contributed by atoms with Crippen molar-refractivity contribution < 1.29 is 40.7 Å². The minimum Gasteiger partial charge on any atom is -0.354 e. The van der Waals surface area contributed by atoms with E-state index in [9.17, 15) is 40.7 Å². The van der Waals surface area contributed by atoms with Crippen molar-refractivity contribution in [2.45, 2.75) is 50.6 Å². The minimum atomic E-state index is -5.14. The van der Waals surface area contributed by atoms with Gasteiger partial charge in [0.05, 0.1) is 21.2 Å². The average molecular weight is 627 g/mol. The zero-order valence-electron chi connectivity index (χ0n) is 21.6. The molecule has 7 nitrogen and oxygen atoms in total. The zero-order valence-corrected chi connectivity index (χ0v) is 23.1. The highest BCUT2D eigenvalue weighted by Gasteiger charge is 2.38. The van der Waals surface area contributed by atoms with Crippen LogP contribution in [0.25, 0.3) is 0 Å². The van der Waals surface area contributed by atoms with Gasteiger partial charge in [-0.25, -0.2) is 5.01 Å². The van der Waals surface area contributed by atoms with Crippen LogP contribution in [-0.4, -0.2) is 53.9 Å². The minimum absolute atomic E-state index is 0.0712. The number of amides is 3. The number of carbonyl (C=O) groups excluding carboxylic acids is 3. The summed E-state index contributed by atoms with van der Waals surface area (Å²) in [5.41, 5.74) is -3.64. The molecule has 0 bridgehead atoms. The van der Waals surface area contributed by atoms with Gasteiger partial charge in [-0.1, -0.05) is 29.3 Å². The van der Waals surface area contributed by atoms with E-state index >= 15 is 0 Å². The molecule has 2 aromatic rings. The molecule has 1 atom stereocenters. The molecule has 1 heterocycles. The highest BCUT2D eigenvalue weighted by Crippen LogP contribution is 2.36. The Hall–Kier alpha value is -3.03. The largest absolute Gasteiger partial charge is 0.416 e. The van der Waals surface area contributed by atoms with Crippen LogP contribution in [0, 0.1) is 0 Å². The van der Waals surface area contributed by atoms with Gasteiger partial charge in [-0.2, -0.15) is 26.3 Å². The van der Waals surface area contributed by atoms with Crippen molar-refractivity contribution in [3.05, 3.63) is 68.7 Å². The predicted octanol–water partition coefficient (Wildman–Crippen LogP) is 5.70. The SMILES string of the molecule is CN(C(=O)c1cc(C(F)(F)F)cc(C(F)(F)F)c1)N(CCC(=O)NC1CCCCNC1=O)Cc1ccc(Cl)c(Cl)c1. The molecule has 1 fully saturated rings. The fraction of sp³-hybridized carbons (Fsp3) is 0.423. The number of rotatable bonds is 8. The van der Waals surface area contributed by atoms with Crippen LogP contribution >= 0.6 is 23.2 Å². The van der Waals surface area contributed by atoms with Gasteiger partial charge >= 0.3 is 12.4 Å². The zero-order chi connectivity index (χ0) is 30.5. The van der Waals surface area contributed by atoms with E-state index < -0.39 is 46.9 Å². The molecule has 41 heavy (non-hydrogen) atoms. The Balaban J connectivity index is 1.87. The highest BCUT2D eigenvalue weighted by atomic mass is 35.5. The predicted molar refractivity (Wildman–Crippen MR) is 139 cm³/mol. The molecule has 0 radical (unpaired) electrons. The molecule has 1 unspecified atom stereocenters. The fourth-order valence-electron chi connectivity index (χ4n) is 4.15. The van der Waals surface area contributed by atoms with Gasteiger partial charge in [0.25, 0.3) is 5.91 Å². The van der Waals surface area contributed by atoms with Crippen LogP contribution < -0.4 is 10.6 Å². The summed E-state index contributed by atoms with van der Waals surface area (Å²) >= 11 is 12.0. The van der Waals surface area contributed by atoms with E-state index in [-0.39, 0.29) is 41.5 Å². The Labute approximate surface area is 241 Å². The summed E-state index contributed by atoms with van der Waals surface area (Å²) < 4.78 is 80.2. The van der Waals surface area contributed by atoms with Gasteiger partial charge in [-0.15, -0.1) is 0 Å². The van der Waals surface area contributed by atoms with E-state index in [0.717, 1.165) is 18.5 Å². The van der Waals surface area contributed by atoms with Gasteiger partial charge in [0.1, 0.15) is 6.04 Å². The maximum atomic E-state index is 13.4. The monoisotopic (exact) mass is 626 g/mol. The lowest BCUT2D eigenvalue weighted by molar-refractivity contribution is -0.143. The van der Waals surface area contributed by atoms with Gasteiger partial charge in [0.15, 0.2) is 0 Å². The molecule has 224 valence electrons. The third kappa shape index (κ3) is 8.98.